The van der Waals surface area contributed by atoms with Crippen molar-refractivity contribution in [3.8, 4) is 0 Å². The van der Waals surface area contributed by atoms with Gasteiger partial charge in [0.2, 0.25) is 3.79 Å². The lowest BCUT2D eigenvalue weighted by molar-refractivity contribution is -0.384. The predicted molar refractivity (Wildman–Crippen MR) is 83.0 cm³/mol. The fourth-order valence-corrected chi connectivity index (χ4v) is 1.69. The van der Waals surface area contributed by atoms with Gasteiger partial charge in [0.25, 0.3) is 5.69 Å². The smallest absolute Gasteiger partial charge is 0.318 e. The molecule has 1 atom stereocenters. The first-order chi connectivity index (χ1) is 9.62. The van der Waals surface area contributed by atoms with Gasteiger partial charge in [0.15, 0.2) is 0 Å². The van der Waals surface area contributed by atoms with Crippen molar-refractivity contribution in [2.75, 3.05) is 19.4 Å². The molecule has 1 aromatic carbocycles. The Kier molecular flexibility index (Phi) is 5.88. The highest BCUT2D eigenvalue weighted by atomic mass is 35.6. The van der Waals surface area contributed by atoms with E-state index in [2.05, 4.69) is 10.6 Å². The van der Waals surface area contributed by atoms with E-state index >= 15 is 0 Å². The second kappa shape index (κ2) is 7.02. The molecular formula is C11H13Cl3N4O3. The SMILES string of the molecule is CN(C)C(=O)N[C@@H](Nc1ccccc1[N+](=O)[O-])C(Cl)(Cl)Cl. The summed E-state index contributed by atoms with van der Waals surface area (Å²) in [6.07, 6.45) is -1.15. The zero-order valence-electron chi connectivity index (χ0n) is 11.1. The Balaban J connectivity index is 3.03. The van der Waals surface area contributed by atoms with Crippen LogP contribution in [0, 0.1) is 10.1 Å². The highest BCUT2D eigenvalue weighted by Crippen LogP contribution is 2.33. The summed E-state index contributed by atoms with van der Waals surface area (Å²) in [5.74, 6) is 0. The number of nitrogens with zero attached hydrogens (tertiary/aromatic N) is 2. The van der Waals surface area contributed by atoms with Crippen LogP contribution >= 0.6 is 34.8 Å². The van der Waals surface area contributed by atoms with E-state index in [1.165, 1.54) is 37.2 Å². The van der Waals surface area contributed by atoms with Gasteiger partial charge in [0.05, 0.1) is 4.92 Å². The van der Waals surface area contributed by atoms with Crippen LogP contribution in [0.3, 0.4) is 0 Å². The molecule has 7 nitrogen and oxygen atoms in total. The Hall–Kier alpha value is -1.44. The number of urea groups is 1. The Labute approximate surface area is 136 Å². The highest BCUT2D eigenvalue weighted by Gasteiger charge is 2.35. The Morgan fingerprint density at radius 1 is 1.33 bits per heavy atom. The van der Waals surface area contributed by atoms with Crippen molar-refractivity contribution in [3.63, 3.8) is 0 Å². The number of amides is 2. The van der Waals surface area contributed by atoms with Crippen LogP contribution in [0.5, 0.6) is 0 Å². The van der Waals surface area contributed by atoms with Crippen LogP contribution < -0.4 is 10.6 Å². The third-order valence-electron chi connectivity index (χ3n) is 2.40. The minimum atomic E-state index is -1.91. The average Bonchev–Trinajstić information content (AvgIpc) is 2.36. The molecule has 0 aliphatic heterocycles. The molecule has 21 heavy (non-hydrogen) atoms. The van der Waals surface area contributed by atoms with Gasteiger partial charge in [-0.3, -0.25) is 10.1 Å². The first kappa shape index (κ1) is 17.6. The third kappa shape index (κ3) is 5.11. The maximum atomic E-state index is 11.7. The molecule has 0 aliphatic rings. The van der Waals surface area contributed by atoms with Gasteiger partial charge >= 0.3 is 6.03 Å². The molecule has 0 radical (unpaired) electrons. The van der Waals surface area contributed by atoms with Crippen molar-refractivity contribution >= 4 is 52.2 Å². The molecule has 0 heterocycles. The van der Waals surface area contributed by atoms with E-state index in [4.69, 9.17) is 34.8 Å². The quantitative estimate of drug-likeness (QED) is 0.376. The number of alkyl halides is 3. The summed E-state index contributed by atoms with van der Waals surface area (Å²) in [6.45, 7) is 0. The van der Waals surface area contributed by atoms with Gasteiger partial charge in [-0.15, -0.1) is 0 Å². The monoisotopic (exact) mass is 354 g/mol. The molecule has 0 aromatic heterocycles. The van der Waals surface area contributed by atoms with Gasteiger partial charge in [-0.2, -0.15) is 0 Å². The van der Waals surface area contributed by atoms with Crippen LogP contribution in [0.1, 0.15) is 0 Å². The maximum Gasteiger partial charge on any atom is 0.318 e. The van der Waals surface area contributed by atoms with Gasteiger partial charge in [-0.05, 0) is 6.07 Å². The van der Waals surface area contributed by atoms with Crippen molar-refractivity contribution in [1.29, 1.82) is 0 Å². The second-order valence-corrected chi connectivity index (χ2v) is 6.61. The molecule has 1 aromatic rings. The lowest BCUT2D eigenvalue weighted by Gasteiger charge is -2.28. The number of rotatable bonds is 4. The van der Waals surface area contributed by atoms with E-state index in [1.54, 1.807) is 6.07 Å². The first-order valence-corrected chi connectivity index (χ1v) is 6.81. The second-order valence-electron chi connectivity index (χ2n) is 4.24. The summed E-state index contributed by atoms with van der Waals surface area (Å²) in [5.41, 5.74) is -0.0752. The first-order valence-electron chi connectivity index (χ1n) is 5.67. The summed E-state index contributed by atoms with van der Waals surface area (Å²) < 4.78 is -1.91. The number of halogens is 3. The van der Waals surface area contributed by atoms with Crippen LogP contribution in [0.2, 0.25) is 0 Å². The Bertz CT molecular complexity index is 534. The van der Waals surface area contributed by atoms with Crippen molar-refractivity contribution in [3.05, 3.63) is 34.4 Å². The molecular weight excluding hydrogens is 343 g/mol. The Morgan fingerprint density at radius 2 is 1.90 bits per heavy atom. The van der Waals surface area contributed by atoms with E-state index in [0.29, 0.717) is 0 Å². The Morgan fingerprint density at radius 3 is 2.38 bits per heavy atom. The van der Waals surface area contributed by atoms with Crippen molar-refractivity contribution in [2.24, 2.45) is 0 Å². The van der Waals surface area contributed by atoms with E-state index in [0.717, 1.165) is 0 Å². The van der Waals surface area contributed by atoms with Gasteiger partial charge in [0, 0.05) is 20.2 Å². The topological polar surface area (TPSA) is 87.5 Å². The summed E-state index contributed by atoms with van der Waals surface area (Å²) in [4.78, 5) is 23.3. The standard InChI is InChI=1S/C11H13Cl3N4O3/c1-17(2)10(19)16-9(11(12,13)14)15-7-5-3-4-6-8(7)18(20)21/h3-6,9,15H,1-2H3,(H,16,19)/t9-/m1/s1. The molecule has 116 valence electrons. The molecule has 0 saturated heterocycles. The van der Waals surface area contributed by atoms with Crippen LogP contribution in [0.15, 0.2) is 24.3 Å². The largest absolute Gasteiger partial charge is 0.356 e. The number of hydrogen-bond acceptors (Lipinski definition) is 4. The zero-order valence-corrected chi connectivity index (χ0v) is 13.4. The fourth-order valence-electron chi connectivity index (χ4n) is 1.36. The summed E-state index contributed by atoms with van der Waals surface area (Å²) in [6, 6.07) is 5.32. The van der Waals surface area contributed by atoms with E-state index < -0.39 is 20.9 Å². The number of nitro benzene ring substituents is 1. The lowest BCUT2D eigenvalue weighted by atomic mass is 10.2. The van der Waals surface area contributed by atoms with Gasteiger partial charge in [0.1, 0.15) is 11.9 Å². The number of carbonyl (C=O) groups excluding carboxylic acids is 1. The summed E-state index contributed by atoms with van der Waals surface area (Å²) >= 11 is 17.4. The van der Waals surface area contributed by atoms with Crippen LogP contribution in [0.25, 0.3) is 0 Å². The number of nitrogens with one attached hydrogen (secondary N) is 2. The van der Waals surface area contributed by atoms with Crippen LogP contribution in [0.4, 0.5) is 16.2 Å². The molecule has 1 rings (SSSR count). The van der Waals surface area contributed by atoms with Gasteiger partial charge < -0.3 is 15.5 Å². The van der Waals surface area contributed by atoms with Crippen molar-refractivity contribution in [2.45, 2.75) is 9.96 Å². The minimum Gasteiger partial charge on any atom is -0.356 e. The molecule has 0 spiro atoms. The zero-order chi connectivity index (χ0) is 16.2. The summed E-state index contributed by atoms with van der Waals surface area (Å²) in [5, 5.41) is 16.0. The van der Waals surface area contributed by atoms with Gasteiger partial charge in [-0.25, -0.2) is 4.79 Å². The number of benzene rings is 1. The van der Waals surface area contributed by atoms with Crippen LogP contribution in [-0.4, -0.2) is 39.9 Å². The van der Waals surface area contributed by atoms with Gasteiger partial charge in [-0.1, -0.05) is 46.9 Å². The maximum absolute atomic E-state index is 11.7. The van der Waals surface area contributed by atoms with Crippen molar-refractivity contribution < 1.29 is 9.72 Å². The molecule has 0 aliphatic carbocycles. The number of para-hydroxylation sites is 2. The normalized spacial score (nSPS) is 12.4. The highest BCUT2D eigenvalue weighted by molar-refractivity contribution is 6.68. The number of hydrogen-bond donors (Lipinski definition) is 2. The third-order valence-corrected chi connectivity index (χ3v) is 3.06. The fraction of sp³-hybridized carbons (Fsp3) is 0.364. The number of nitro groups is 1. The molecule has 0 unspecified atom stereocenters. The van der Waals surface area contributed by atoms with E-state index in [9.17, 15) is 14.9 Å². The molecule has 0 bridgehead atoms. The average molecular weight is 356 g/mol. The predicted octanol–water partition coefficient (Wildman–Crippen LogP) is 2.97. The summed E-state index contributed by atoms with van der Waals surface area (Å²) in [7, 11) is 3.02. The van der Waals surface area contributed by atoms with E-state index in [1.807, 2.05) is 0 Å². The molecule has 0 fully saturated rings. The number of anilines is 1. The lowest BCUT2D eigenvalue weighted by Crippen LogP contribution is -2.52. The van der Waals surface area contributed by atoms with Crippen molar-refractivity contribution in [1.82, 2.24) is 10.2 Å². The minimum absolute atomic E-state index is 0.123. The molecule has 2 N–H and O–H groups in total. The molecule has 2 amide bonds. The molecule has 10 heteroatoms. The van der Waals surface area contributed by atoms with Crippen LogP contribution in [-0.2, 0) is 0 Å². The molecule has 0 saturated carbocycles. The van der Waals surface area contributed by atoms with E-state index in [-0.39, 0.29) is 11.4 Å². The number of carbonyl (C=O) groups is 1.